The monoisotopic (exact) mass is 455 g/mol. The van der Waals surface area contributed by atoms with Gasteiger partial charge in [-0.15, -0.1) is 0 Å². The molecule has 0 saturated carbocycles. The summed E-state index contributed by atoms with van der Waals surface area (Å²) < 4.78 is 28.4. The molecule has 0 radical (unpaired) electrons. The van der Waals surface area contributed by atoms with Crippen molar-refractivity contribution in [2.45, 2.75) is 38.7 Å². The summed E-state index contributed by atoms with van der Waals surface area (Å²) >= 11 is 3.26. The number of carbonyl (C=O) groups is 1. The third-order valence-corrected chi connectivity index (χ3v) is 5.56. The molecule has 0 aliphatic rings. The fourth-order valence-electron chi connectivity index (χ4n) is 2.41. The van der Waals surface area contributed by atoms with Gasteiger partial charge in [0.25, 0.3) is 5.56 Å². The van der Waals surface area contributed by atoms with Crippen LogP contribution in [-0.2, 0) is 33.7 Å². The van der Waals surface area contributed by atoms with Crippen molar-refractivity contribution < 1.29 is 13.2 Å². The molecule has 1 aromatic heterocycles. The van der Waals surface area contributed by atoms with Crippen LogP contribution >= 0.6 is 15.9 Å². The molecule has 1 aromatic carbocycles. The second-order valence-corrected chi connectivity index (χ2v) is 9.11. The number of hydrogen-bond acceptors (Lipinski definition) is 4. The topological polar surface area (TPSA) is 97.3 Å². The number of rotatable bonds is 8. The van der Waals surface area contributed by atoms with Crippen LogP contribution in [0, 0.1) is 0 Å². The van der Waals surface area contributed by atoms with Crippen molar-refractivity contribution in [1.29, 1.82) is 0 Å². The van der Waals surface area contributed by atoms with E-state index in [4.69, 9.17) is 0 Å². The van der Waals surface area contributed by atoms with E-state index in [0.29, 0.717) is 16.6 Å². The number of benzene rings is 1. The van der Waals surface area contributed by atoms with Gasteiger partial charge < -0.3 is 9.88 Å². The van der Waals surface area contributed by atoms with E-state index in [2.05, 4.69) is 26.0 Å². The van der Waals surface area contributed by atoms with Gasteiger partial charge in [-0.3, -0.25) is 9.59 Å². The van der Waals surface area contributed by atoms with Gasteiger partial charge in [0.15, 0.2) is 0 Å². The van der Waals surface area contributed by atoms with Crippen LogP contribution in [0.25, 0.3) is 0 Å². The molecule has 1 amide bonds. The molecule has 9 heteroatoms. The number of halogens is 1. The highest BCUT2D eigenvalue weighted by Crippen LogP contribution is 2.09. The van der Waals surface area contributed by atoms with Crippen molar-refractivity contribution >= 4 is 31.9 Å². The highest BCUT2D eigenvalue weighted by atomic mass is 79.9. The molecule has 2 rings (SSSR count). The van der Waals surface area contributed by atoms with Crippen LogP contribution in [0.3, 0.4) is 0 Å². The van der Waals surface area contributed by atoms with Crippen LogP contribution < -0.4 is 15.6 Å². The zero-order chi connectivity index (χ0) is 20.0. The summed E-state index contributed by atoms with van der Waals surface area (Å²) in [5, 5.41) is 2.74. The Morgan fingerprint density at radius 3 is 2.37 bits per heavy atom. The molecule has 2 aromatic rings. The Morgan fingerprint density at radius 1 is 1.11 bits per heavy atom. The summed E-state index contributed by atoms with van der Waals surface area (Å²) in [5.74, 6) is -0.383. The van der Waals surface area contributed by atoms with Gasteiger partial charge in [0.1, 0.15) is 6.54 Å². The first-order chi connectivity index (χ1) is 12.6. The summed E-state index contributed by atoms with van der Waals surface area (Å²) in [7, 11) is -3.37. The second-order valence-electron chi connectivity index (χ2n) is 6.44. The minimum Gasteiger partial charge on any atom is -0.350 e. The first-order valence-corrected chi connectivity index (χ1v) is 10.8. The van der Waals surface area contributed by atoms with E-state index in [1.54, 1.807) is 50.4 Å². The lowest BCUT2D eigenvalue weighted by molar-refractivity contribution is -0.121. The largest absolute Gasteiger partial charge is 0.350 e. The Morgan fingerprint density at radius 2 is 1.74 bits per heavy atom. The molecule has 2 N–H and O–H groups in total. The highest BCUT2D eigenvalue weighted by molar-refractivity contribution is 9.10. The number of nitrogens with zero attached hydrogens (tertiary/aromatic N) is 1. The Labute approximate surface area is 167 Å². The predicted octanol–water partition coefficient (Wildman–Crippen LogP) is 1.75. The lowest BCUT2D eigenvalue weighted by Gasteiger charge is -2.10. The summed E-state index contributed by atoms with van der Waals surface area (Å²) in [4.78, 5) is 23.7. The summed E-state index contributed by atoms with van der Waals surface area (Å²) in [5.41, 5.74) is 1.25. The number of amides is 1. The third kappa shape index (κ3) is 7.28. The summed E-state index contributed by atoms with van der Waals surface area (Å²) in [6.07, 6.45) is 1.56. The number of pyridine rings is 1. The Hall–Kier alpha value is -1.97. The van der Waals surface area contributed by atoms with Crippen molar-refractivity contribution in [1.82, 2.24) is 14.6 Å². The minimum atomic E-state index is -3.37. The smallest absolute Gasteiger partial charge is 0.251 e. The maximum absolute atomic E-state index is 12.0. The van der Waals surface area contributed by atoms with Gasteiger partial charge >= 0.3 is 0 Å². The molecule has 0 unspecified atom stereocenters. The average molecular weight is 456 g/mol. The molecule has 7 nitrogen and oxygen atoms in total. The average Bonchev–Trinajstić information content (AvgIpc) is 2.56. The van der Waals surface area contributed by atoms with Crippen molar-refractivity contribution in [3.8, 4) is 0 Å². The molecule has 0 fully saturated rings. The molecule has 146 valence electrons. The number of aromatic nitrogens is 1. The van der Waals surface area contributed by atoms with Gasteiger partial charge in [-0.25, -0.2) is 13.1 Å². The van der Waals surface area contributed by atoms with Crippen LogP contribution in [-0.4, -0.2) is 24.9 Å². The van der Waals surface area contributed by atoms with E-state index < -0.39 is 10.0 Å². The van der Waals surface area contributed by atoms with E-state index in [1.807, 2.05) is 0 Å². The number of hydrogen-bond donors (Lipinski definition) is 2. The first kappa shape index (κ1) is 21.3. The molecule has 0 bridgehead atoms. The molecule has 0 aliphatic carbocycles. The Balaban J connectivity index is 1.90. The van der Waals surface area contributed by atoms with E-state index in [1.165, 1.54) is 10.6 Å². The molecule has 0 spiro atoms. The molecular weight excluding hydrogens is 434 g/mol. The number of nitrogens with one attached hydrogen (secondary N) is 2. The molecular formula is C18H22BrN3O4S. The van der Waals surface area contributed by atoms with Crippen LogP contribution in [0.15, 0.2) is 51.9 Å². The Kier molecular flexibility index (Phi) is 7.34. The van der Waals surface area contributed by atoms with Crippen molar-refractivity contribution in [2.24, 2.45) is 0 Å². The summed E-state index contributed by atoms with van der Waals surface area (Å²) in [6.45, 7) is 3.76. The fourth-order valence-corrected chi connectivity index (χ4v) is 4.22. The molecule has 1 heterocycles. The molecule has 0 saturated heterocycles. The maximum atomic E-state index is 12.0. The lowest BCUT2D eigenvalue weighted by Crippen LogP contribution is -2.31. The third-order valence-electron chi connectivity index (χ3n) is 3.55. The highest BCUT2D eigenvalue weighted by Gasteiger charge is 2.13. The Bertz CT molecular complexity index is 953. The zero-order valence-electron chi connectivity index (χ0n) is 15.1. The fraction of sp³-hybridized carbons (Fsp3) is 0.333. The van der Waals surface area contributed by atoms with E-state index >= 15 is 0 Å². The van der Waals surface area contributed by atoms with Crippen molar-refractivity contribution in [2.75, 3.05) is 0 Å². The van der Waals surface area contributed by atoms with Crippen LogP contribution in [0.1, 0.15) is 25.0 Å². The summed E-state index contributed by atoms with van der Waals surface area (Å²) in [6, 6.07) is 9.84. The minimum absolute atomic E-state index is 0.0739. The number of sulfonamides is 1. The van der Waals surface area contributed by atoms with Gasteiger partial charge in [-0.05, 0) is 47.0 Å². The predicted molar refractivity (Wildman–Crippen MR) is 108 cm³/mol. The van der Waals surface area contributed by atoms with Crippen LogP contribution in [0.5, 0.6) is 0 Å². The molecule has 27 heavy (non-hydrogen) atoms. The van der Waals surface area contributed by atoms with Crippen molar-refractivity contribution in [3.05, 3.63) is 68.5 Å². The first-order valence-electron chi connectivity index (χ1n) is 8.35. The van der Waals surface area contributed by atoms with E-state index in [9.17, 15) is 18.0 Å². The zero-order valence-corrected chi connectivity index (χ0v) is 17.5. The lowest BCUT2D eigenvalue weighted by atomic mass is 10.1. The molecule has 0 atom stereocenters. The normalized spacial score (nSPS) is 11.6. The van der Waals surface area contributed by atoms with Gasteiger partial charge in [0.05, 0.1) is 5.75 Å². The molecule has 0 aliphatic heterocycles. The van der Waals surface area contributed by atoms with E-state index in [0.717, 1.165) is 5.56 Å². The second kappa shape index (κ2) is 9.29. The van der Waals surface area contributed by atoms with Gasteiger partial charge in [-0.1, -0.05) is 24.3 Å². The van der Waals surface area contributed by atoms with Gasteiger partial charge in [0.2, 0.25) is 15.9 Å². The van der Waals surface area contributed by atoms with E-state index in [-0.39, 0.29) is 29.8 Å². The standard InChI is InChI=1S/C18H22BrN3O4S/c1-13(2)21-27(25,26)12-15-5-3-14(4-6-15)9-20-17(23)11-22-10-16(19)7-8-18(22)24/h3-8,10,13,21H,9,11-12H2,1-2H3,(H,20,23). The van der Waals surface area contributed by atoms with Crippen LogP contribution in [0.4, 0.5) is 0 Å². The SMILES string of the molecule is CC(C)NS(=O)(=O)Cc1ccc(CNC(=O)Cn2cc(Br)ccc2=O)cc1. The van der Waals surface area contributed by atoms with Gasteiger partial charge in [-0.2, -0.15) is 0 Å². The number of carbonyl (C=O) groups excluding carboxylic acids is 1. The quantitative estimate of drug-likeness (QED) is 0.633. The maximum Gasteiger partial charge on any atom is 0.251 e. The van der Waals surface area contributed by atoms with Crippen molar-refractivity contribution in [3.63, 3.8) is 0 Å². The van der Waals surface area contributed by atoms with Crippen LogP contribution in [0.2, 0.25) is 0 Å². The van der Waals surface area contributed by atoms with Gasteiger partial charge in [0, 0.05) is 29.3 Å².